The van der Waals surface area contributed by atoms with Crippen LogP contribution in [-0.4, -0.2) is 54.9 Å². The average molecular weight is 677 g/mol. The number of rotatable bonds is 13. The lowest BCUT2D eigenvalue weighted by Gasteiger charge is -2.37. The van der Waals surface area contributed by atoms with E-state index in [1.807, 2.05) is 98.2 Å². The molecule has 0 spiro atoms. The molecule has 1 heterocycles. The van der Waals surface area contributed by atoms with Crippen molar-refractivity contribution in [3.63, 3.8) is 0 Å². The molecular weight excluding hydrogens is 641 g/mol. The molecule has 10 heteroatoms. The number of aromatic nitrogens is 2. The Morgan fingerprint density at radius 2 is 1.35 bits per heavy atom. The highest BCUT2D eigenvalue weighted by molar-refractivity contribution is 7.98. The predicted molar refractivity (Wildman–Crippen MR) is 193 cm³/mol. The van der Waals surface area contributed by atoms with Crippen LogP contribution < -0.4 is 9.62 Å². The number of benzene rings is 5. The molecule has 0 saturated carbocycles. The van der Waals surface area contributed by atoms with E-state index < -0.39 is 27.6 Å². The Morgan fingerprint density at radius 1 is 0.812 bits per heavy atom. The molecule has 0 unspecified atom stereocenters. The predicted octanol–water partition coefficient (Wildman–Crippen LogP) is 6.61. The van der Waals surface area contributed by atoms with Gasteiger partial charge in [0.1, 0.15) is 11.6 Å². The molecular formula is C38H36N4O4S2. The first kappa shape index (κ1) is 33.0. The highest BCUT2D eigenvalue weighted by Crippen LogP contribution is 2.41. The van der Waals surface area contributed by atoms with Crippen molar-refractivity contribution in [2.24, 2.45) is 0 Å². The second kappa shape index (κ2) is 14.1. The number of hydrogen-bond acceptors (Lipinski definition) is 6. The van der Waals surface area contributed by atoms with Gasteiger partial charge in [-0.2, -0.15) is 16.5 Å². The zero-order valence-corrected chi connectivity index (χ0v) is 28.2. The minimum absolute atomic E-state index is 0.0103. The van der Waals surface area contributed by atoms with Crippen LogP contribution in [0.2, 0.25) is 0 Å². The van der Waals surface area contributed by atoms with Gasteiger partial charge in [-0.05, 0) is 28.8 Å². The zero-order chi connectivity index (χ0) is 33.7. The zero-order valence-electron chi connectivity index (χ0n) is 26.6. The van der Waals surface area contributed by atoms with E-state index >= 15 is 0 Å². The summed E-state index contributed by atoms with van der Waals surface area (Å²) >= 11 is 1.31. The van der Waals surface area contributed by atoms with Gasteiger partial charge in [0.15, 0.2) is 0 Å². The summed E-state index contributed by atoms with van der Waals surface area (Å²) in [5.74, 6) is -0.855. The van der Waals surface area contributed by atoms with Gasteiger partial charge in [0.25, 0.3) is 0 Å². The number of hydrogen-bond donors (Lipinski definition) is 2. The van der Waals surface area contributed by atoms with Gasteiger partial charge in [0, 0.05) is 48.3 Å². The van der Waals surface area contributed by atoms with Crippen LogP contribution in [0.5, 0.6) is 0 Å². The Bertz CT molecular complexity index is 2020. The van der Waals surface area contributed by atoms with E-state index in [1.165, 1.54) is 17.8 Å². The van der Waals surface area contributed by atoms with Crippen molar-refractivity contribution in [3.05, 3.63) is 162 Å². The molecule has 6 rings (SSSR count). The van der Waals surface area contributed by atoms with Gasteiger partial charge < -0.3 is 14.6 Å². The minimum Gasteiger partial charge on any atom is -0.480 e. The fourth-order valence-electron chi connectivity index (χ4n) is 6.18. The van der Waals surface area contributed by atoms with Gasteiger partial charge >= 0.3 is 5.97 Å². The van der Waals surface area contributed by atoms with Crippen molar-refractivity contribution in [1.82, 2.24) is 14.3 Å². The third-order valence-electron chi connectivity index (χ3n) is 8.36. The monoisotopic (exact) mass is 676 g/mol. The topological polar surface area (TPSA) is 105 Å². The highest BCUT2D eigenvalue weighted by atomic mass is 32.2. The molecule has 0 amide bonds. The standard InChI is InChI=1S/C38H36N4O4S2/c1-41(2)35-22-12-21-33-32(35)20-13-23-36(33)48(45,46)40-34(37(43)44)26-47-25-31-24-42(27-39-31)38(28-14-6-3-7-15-28,29-16-8-4-9-17-29)30-18-10-5-11-19-30/h3-24,27,34,40H,25-26H2,1-2H3,(H,43,44)/t34-/m0/s1. The summed E-state index contributed by atoms with van der Waals surface area (Å²) in [6.07, 6.45) is 3.79. The van der Waals surface area contributed by atoms with Crippen molar-refractivity contribution in [2.75, 3.05) is 24.7 Å². The number of fused-ring (bicyclic) bond motifs is 1. The van der Waals surface area contributed by atoms with Gasteiger partial charge in [-0.3, -0.25) is 4.79 Å². The molecule has 244 valence electrons. The number of imidazole rings is 1. The fourth-order valence-corrected chi connectivity index (χ4v) is 8.64. The maximum Gasteiger partial charge on any atom is 0.322 e. The molecule has 0 fully saturated rings. The summed E-state index contributed by atoms with van der Waals surface area (Å²) < 4.78 is 31.7. The summed E-state index contributed by atoms with van der Waals surface area (Å²) in [5.41, 5.74) is 4.07. The van der Waals surface area contributed by atoms with Gasteiger partial charge in [-0.1, -0.05) is 115 Å². The van der Waals surface area contributed by atoms with Crippen molar-refractivity contribution in [1.29, 1.82) is 0 Å². The number of thioether (sulfide) groups is 1. The van der Waals surface area contributed by atoms with E-state index in [-0.39, 0.29) is 10.6 Å². The number of anilines is 1. The van der Waals surface area contributed by atoms with Crippen LogP contribution in [-0.2, 0) is 26.1 Å². The van der Waals surface area contributed by atoms with Gasteiger partial charge in [-0.15, -0.1) is 0 Å². The van der Waals surface area contributed by atoms with E-state index in [0.717, 1.165) is 33.5 Å². The highest BCUT2D eigenvalue weighted by Gasteiger charge is 2.38. The Balaban J connectivity index is 1.26. The maximum absolute atomic E-state index is 13.6. The van der Waals surface area contributed by atoms with E-state index in [2.05, 4.69) is 45.7 Å². The molecule has 0 bridgehead atoms. The average Bonchev–Trinajstić information content (AvgIpc) is 3.58. The molecule has 8 nitrogen and oxygen atoms in total. The van der Waals surface area contributed by atoms with Crippen LogP contribution >= 0.6 is 11.8 Å². The lowest BCUT2D eigenvalue weighted by molar-refractivity contribution is -0.138. The van der Waals surface area contributed by atoms with Crippen molar-refractivity contribution >= 4 is 44.2 Å². The first-order valence-electron chi connectivity index (χ1n) is 15.4. The van der Waals surface area contributed by atoms with E-state index in [4.69, 9.17) is 4.98 Å². The van der Waals surface area contributed by atoms with Crippen LogP contribution in [0.15, 0.2) is 145 Å². The van der Waals surface area contributed by atoms with Crippen LogP contribution in [0.1, 0.15) is 22.4 Å². The third kappa shape index (κ3) is 6.47. The van der Waals surface area contributed by atoms with Crippen molar-refractivity contribution in [3.8, 4) is 0 Å². The second-order valence-corrected chi connectivity index (χ2v) is 14.3. The van der Waals surface area contributed by atoms with E-state index in [0.29, 0.717) is 11.1 Å². The van der Waals surface area contributed by atoms with Gasteiger partial charge in [0.05, 0.1) is 16.9 Å². The molecule has 0 aliphatic rings. The van der Waals surface area contributed by atoms with E-state index in [9.17, 15) is 18.3 Å². The third-order valence-corrected chi connectivity index (χ3v) is 11.0. The van der Waals surface area contributed by atoms with Crippen LogP contribution in [0.3, 0.4) is 0 Å². The molecule has 6 aromatic rings. The number of aliphatic carboxylic acids is 1. The number of sulfonamides is 1. The molecule has 0 aliphatic heterocycles. The Hall–Kier alpha value is -4.90. The van der Waals surface area contributed by atoms with Crippen LogP contribution in [0.25, 0.3) is 10.8 Å². The summed E-state index contributed by atoms with van der Waals surface area (Å²) in [4.78, 5) is 19.0. The molecule has 0 saturated heterocycles. The smallest absolute Gasteiger partial charge is 0.322 e. The summed E-state index contributed by atoms with van der Waals surface area (Å²) in [6.45, 7) is 0. The first-order valence-corrected chi connectivity index (χ1v) is 18.1. The molecule has 0 aliphatic carbocycles. The normalized spacial score (nSPS) is 12.5. The molecule has 48 heavy (non-hydrogen) atoms. The molecule has 0 radical (unpaired) electrons. The number of carboxylic acids is 1. The molecule has 1 aromatic heterocycles. The number of nitrogens with one attached hydrogen (secondary N) is 1. The molecule has 2 N–H and O–H groups in total. The largest absolute Gasteiger partial charge is 0.480 e. The second-order valence-electron chi connectivity index (χ2n) is 11.6. The Morgan fingerprint density at radius 3 is 1.90 bits per heavy atom. The SMILES string of the molecule is CN(C)c1cccc2c(S(=O)(=O)N[C@@H](CSCc3cn(C(c4ccccc4)(c4ccccc4)c4ccccc4)cn3)C(=O)O)cccc12. The van der Waals surface area contributed by atoms with Crippen LogP contribution in [0, 0.1) is 0 Å². The van der Waals surface area contributed by atoms with Gasteiger partial charge in [-0.25, -0.2) is 13.4 Å². The fraction of sp³-hybridized carbons (Fsp3) is 0.158. The lowest BCUT2D eigenvalue weighted by Crippen LogP contribution is -2.42. The molecule has 5 aromatic carbocycles. The van der Waals surface area contributed by atoms with Gasteiger partial charge in [0.2, 0.25) is 10.0 Å². The lowest BCUT2D eigenvalue weighted by atomic mass is 9.77. The first-order chi connectivity index (χ1) is 23.2. The Kier molecular flexibility index (Phi) is 9.68. The van der Waals surface area contributed by atoms with Crippen molar-refractivity contribution in [2.45, 2.75) is 22.2 Å². The number of carboxylic acid groups (broad SMARTS) is 1. The summed E-state index contributed by atoms with van der Waals surface area (Å²) in [7, 11) is -0.381. The number of carbonyl (C=O) groups is 1. The molecule has 1 atom stereocenters. The summed E-state index contributed by atoms with van der Waals surface area (Å²) in [6, 6.07) is 39.9. The van der Waals surface area contributed by atoms with Crippen LogP contribution in [0.4, 0.5) is 5.69 Å². The minimum atomic E-state index is -4.16. The summed E-state index contributed by atoms with van der Waals surface area (Å²) in [5, 5.41) is 11.3. The van der Waals surface area contributed by atoms with Crippen molar-refractivity contribution < 1.29 is 18.3 Å². The number of nitrogens with zero attached hydrogens (tertiary/aromatic N) is 3. The maximum atomic E-state index is 13.6. The van der Waals surface area contributed by atoms with E-state index in [1.54, 1.807) is 18.2 Å². The Labute approximate surface area is 285 Å². The quantitative estimate of drug-likeness (QED) is 0.133.